The van der Waals surface area contributed by atoms with E-state index in [-0.39, 0.29) is 18.2 Å². The summed E-state index contributed by atoms with van der Waals surface area (Å²) in [5.41, 5.74) is 1.68. The molecule has 1 N–H and O–H groups in total. The Balaban J connectivity index is 2.13. The molecule has 0 aliphatic heterocycles. The van der Waals surface area contributed by atoms with Gasteiger partial charge in [0.15, 0.2) is 5.78 Å². The van der Waals surface area contributed by atoms with E-state index in [9.17, 15) is 9.59 Å². The van der Waals surface area contributed by atoms with Crippen LogP contribution in [0.5, 0.6) is 0 Å². The number of Topliss-reactive ketones (excluding diaryl/α,β-unsaturated/α-hetero) is 1. The molecule has 168 valence electrons. The Bertz CT molecular complexity index is 772. The fourth-order valence-corrected chi connectivity index (χ4v) is 3.37. The number of ketones is 1. The van der Waals surface area contributed by atoms with Crippen molar-refractivity contribution in [2.24, 2.45) is 5.92 Å². The number of nitrogens with one attached hydrogen (secondary N) is 1. The van der Waals surface area contributed by atoms with E-state index in [2.05, 4.69) is 34.5 Å². The molecule has 0 aliphatic carbocycles. The van der Waals surface area contributed by atoms with Gasteiger partial charge < -0.3 is 10.1 Å². The summed E-state index contributed by atoms with van der Waals surface area (Å²) in [5, 5.41) is 2.80. The van der Waals surface area contributed by atoms with Gasteiger partial charge in [-0.3, -0.25) is 9.69 Å². The van der Waals surface area contributed by atoms with E-state index in [1.807, 2.05) is 71.0 Å². The Labute approximate surface area is 186 Å². The zero-order valence-corrected chi connectivity index (χ0v) is 19.4. The predicted molar refractivity (Wildman–Crippen MR) is 125 cm³/mol. The van der Waals surface area contributed by atoms with Crippen molar-refractivity contribution in [1.82, 2.24) is 10.2 Å². The van der Waals surface area contributed by atoms with Crippen molar-refractivity contribution < 1.29 is 14.3 Å². The van der Waals surface area contributed by atoms with Gasteiger partial charge in [0.05, 0.1) is 12.6 Å². The molecule has 1 amide bonds. The Morgan fingerprint density at radius 3 is 1.81 bits per heavy atom. The van der Waals surface area contributed by atoms with Crippen LogP contribution in [0.4, 0.5) is 4.79 Å². The number of hydrogen-bond acceptors (Lipinski definition) is 4. The third-order valence-corrected chi connectivity index (χ3v) is 4.66. The van der Waals surface area contributed by atoms with Crippen molar-refractivity contribution in [3.63, 3.8) is 0 Å². The standard InChI is InChI=1S/C26H36N2O3/c1-20(2)16-23(27-25(30)31-26(3,4)5)24(29)19-28(17-21-12-8-6-9-13-21)18-22-14-10-7-11-15-22/h6-15,20,23H,16-19H2,1-5H3,(H,27,30). The van der Waals surface area contributed by atoms with Gasteiger partial charge in [0.2, 0.25) is 0 Å². The molecule has 0 radical (unpaired) electrons. The monoisotopic (exact) mass is 424 g/mol. The molecule has 5 nitrogen and oxygen atoms in total. The molecule has 0 bridgehead atoms. The summed E-state index contributed by atoms with van der Waals surface area (Å²) in [7, 11) is 0. The quantitative estimate of drug-likeness (QED) is 0.570. The lowest BCUT2D eigenvalue weighted by molar-refractivity contribution is -0.123. The Hall–Kier alpha value is -2.66. The molecule has 0 aromatic heterocycles. The van der Waals surface area contributed by atoms with Gasteiger partial charge in [-0.05, 0) is 44.2 Å². The average molecular weight is 425 g/mol. The molecule has 0 fully saturated rings. The van der Waals surface area contributed by atoms with Crippen LogP contribution < -0.4 is 5.32 Å². The molecule has 0 heterocycles. The van der Waals surface area contributed by atoms with E-state index in [0.29, 0.717) is 19.5 Å². The number of amides is 1. The van der Waals surface area contributed by atoms with E-state index in [0.717, 1.165) is 11.1 Å². The summed E-state index contributed by atoms with van der Waals surface area (Å²) < 4.78 is 5.38. The second-order valence-electron chi connectivity index (χ2n) is 9.41. The summed E-state index contributed by atoms with van der Waals surface area (Å²) in [4.78, 5) is 27.7. The highest BCUT2D eigenvalue weighted by Gasteiger charge is 2.26. The molecule has 0 saturated carbocycles. The molecule has 2 rings (SSSR count). The van der Waals surface area contributed by atoms with Crippen LogP contribution in [0, 0.1) is 5.92 Å². The van der Waals surface area contributed by atoms with Crippen molar-refractivity contribution in [1.29, 1.82) is 0 Å². The molecule has 31 heavy (non-hydrogen) atoms. The molecule has 0 saturated heterocycles. The predicted octanol–water partition coefficient (Wildman–Crippen LogP) is 5.20. The highest BCUT2D eigenvalue weighted by molar-refractivity contribution is 5.89. The lowest BCUT2D eigenvalue weighted by Gasteiger charge is -2.27. The topological polar surface area (TPSA) is 58.6 Å². The maximum Gasteiger partial charge on any atom is 0.408 e. The second kappa shape index (κ2) is 11.7. The number of rotatable bonds is 10. The first kappa shape index (κ1) is 24.6. The van der Waals surface area contributed by atoms with Gasteiger partial charge in [-0.2, -0.15) is 0 Å². The summed E-state index contributed by atoms with van der Waals surface area (Å²) in [5.74, 6) is 0.256. The maximum atomic E-state index is 13.3. The SMILES string of the molecule is CC(C)CC(NC(=O)OC(C)(C)C)C(=O)CN(Cc1ccccc1)Cc1ccccc1. The van der Waals surface area contributed by atoms with Crippen LogP contribution in [0.25, 0.3) is 0 Å². The van der Waals surface area contributed by atoms with Crippen LogP contribution in [0.3, 0.4) is 0 Å². The third kappa shape index (κ3) is 9.79. The van der Waals surface area contributed by atoms with Crippen molar-refractivity contribution in [2.45, 2.75) is 65.8 Å². The van der Waals surface area contributed by atoms with Gasteiger partial charge in [0, 0.05) is 13.1 Å². The average Bonchev–Trinajstić information content (AvgIpc) is 2.67. The van der Waals surface area contributed by atoms with Crippen molar-refractivity contribution in [2.75, 3.05) is 6.54 Å². The van der Waals surface area contributed by atoms with Gasteiger partial charge >= 0.3 is 6.09 Å². The Morgan fingerprint density at radius 2 is 1.39 bits per heavy atom. The molecule has 1 atom stereocenters. The summed E-state index contributed by atoms with van der Waals surface area (Å²) >= 11 is 0. The number of nitrogens with zero attached hydrogens (tertiary/aromatic N) is 1. The lowest BCUT2D eigenvalue weighted by atomic mass is 9.99. The molecule has 0 aliphatic rings. The van der Waals surface area contributed by atoms with Crippen LogP contribution in [-0.2, 0) is 22.6 Å². The largest absolute Gasteiger partial charge is 0.444 e. The Kier molecular flexibility index (Phi) is 9.25. The molecular weight excluding hydrogens is 388 g/mol. The molecule has 5 heteroatoms. The van der Waals surface area contributed by atoms with Crippen LogP contribution in [0.1, 0.15) is 52.2 Å². The number of ether oxygens (including phenoxy) is 1. The van der Waals surface area contributed by atoms with Crippen LogP contribution in [0.2, 0.25) is 0 Å². The van der Waals surface area contributed by atoms with Crippen molar-refractivity contribution in [3.05, 3.63) is 71.8 Å². The van der Waals surface area contributed by atoms with Crippen molar-refractivity contribution >= 4 is 11.9 Å². The van der Waals surface area contributed by atoms with E-state index < -0.39 is 17.7 Å². The summed E-state index contributed by atoms with van der Waals surface area (Å²) in [6, 6.07) is 19.7. The number of alkyl carbamates (subject to hydrolysis) is 1. The maximum absolute atomic E-state index is 13.3. The highest BCUT2D eigenvalue weighted by Crippen LogP contribution is 2.14. The van der Waals surface area contributed by atoms with Gasteiger partial charge in [0.25, 0.3) is 0 Å². The molecule has 2 aromatic rings. The number of carbonyl (C=O) groups excluding carboxylic acids is 2. The zero-order chi connectivity index (χ0) is 22.9. The van der Waals surface area contributed by atoms with Gasteiger partial charge in [-0.15, -0.1) is 0 Å². The van der Waals surface area contributed by atoms with Gasteiger partial charge in [0.1, 0.15) is 5.60 Å². The normalized spacial score (nSPS) is 12.6. The Morgan fingerprint density at radius 1 is 0.903 bits per heavy atom. The van der Waals surface area contributed by atoms with Crippen LogP contribution in [-0.4, -0.2) is 35.0 Å². The first-order valence-corrected chi connectivity index (χ1v) is 10.9. The van der Waals surface area contributed by atoms with E-state index in [1.54, 1.807) is 0 Å². The van der Waals surface area contributed by atoms with E-state index in [4.69, 9.17) is 4.74 Å². The first-order valence-electron chi connectivity index (χ1n) is 10.9. The number of carbonyl (C=O) groups is 2. The van der Waals surface area contributed by atoms with Crippen LogP contribution in [0.15, 0.2) is 60.7 Å². The van der Waals surface area contributed by atoms with E-state index >= 15 is 0 Å². The highest BCUT2D eigenvalue weighted by atomic mass is 16.6. The molecular formula is C26H36N2O3. The first-order chi connectivity index (χ1) is 14.6. The minimum atomic E-state index is -0.609. The van der Waals surface area contributed by atoms with Crippen molar-refractivity contribution in [3.8, 4) is 0 Å². The second-order valence-corrected chi connectivity index (χ2v) is 9.41. The number of benzene rings is 2. The van der Waals surface area contributed by atoms with Crippen LogP contribution >= 0.6 is 0 Å². The molecule has 2 aromatic carbocycles. The third-order valence-electron chi connectivity index (χ3n) is 4.66. The fourth-order valence-electron chi connectivity index (χ4n) is 3.37. The number of hydrogen-bond donors (Lipinski definition) is 1. The summed E-state index contributed by atoms with van der Waals surface area (Å²) in [6.07, 6.45) is 0.0203. The molecule has 1 unspecified atom stereocenters. The van der Waals surface area contributed by atoms with Gasteiger partial charge in [-0.25, -0.2) is 4.79 Å². The van der Waals surface area contributed by atoms with E-state index in [1.165, 1.54) is 0 Å². The van der Waals surface area contributed by atoms with Gasteiger partial charge in [-0.1, -0.05) is 74.5 Å². The lowest BCUT2D eigenvalue weighted by Crippen LogP contribution is -2.47. The summed E-state index contributed by atoms with van der Waals surface area (Å²) in [6.45, 7) is 11.1. The zero-order valence-electron chi connectivity index (χ0n) is 19.4. The molecule has 0 spiro atoms. The smallest absolute Gasteiger partial charge is 0.408 e. The minimum absolute atomic E-state index is 0.00794. The minimum Gasteiger partial charge on any atom is -0.444 e. The fraction of sp³-hybridized carbons (Fsp3) is 0.462.